The number of benzene rings is 3. The summed E-state index contributed by atoms with van der Waals surface area (Å²) in [6.07, 6.45) is 0. The van der Waals surface area contributed by atoms with Crippen LogP contribution in [-0.2, 0) is 6.54 Å². The molecule has 1 saturated heterocycles. The molecular formula is C23H25N3. The first-order valence-corrected chi connectivity index (χ1v) is 9.34. The summed E-state index contributed by atoms with van der Waals surface area (Å²) in [6, 6.07) is 25.7. The fraction of sp³-hybridized carbons (Fsp3) is 0.261. The highest BCUT2D eigenvalue weighted by Crippen LogP contribution is 2.20. The van der Waals surface area contributed by atoms with E-state index in [-0.39, 0.29) is 0 Å². The quantitative estimate of drug-likeness (QED) is 0.655. The number of hydrazone groups is 1. The standard InChI is InChI=1S/C23H25N3/c1-19(20-8-3-2-4-9-20)24-26-16-14-25(15-17-26)18-22-12-7-11-21-10-5-6-13-23(21)22/h2-13H,14-18H2,1H3. The minimum absolute atomic E-state index is 0.981. The van der Waals surface area contributed by atoms with Gasteiger partial charge in [0.05, 0.1) is 5.71 Å². The van der Waals surface area contributed by atoms with Crippen molar-refractivity contribution in [3.05, 3.63) is 83.9 Å². The number of rotatable bonds is 4. The van der Waals surface area contributed by atoms with E-state index in [9.17, 15) is 0 Å². The Labute approximate surface area is 155 Å². The van der Waals surface area contributed by atoms with Gasteiger partial charge in [0, 0.05) is 32.7 Å². The third-order valence-electron chi connectivity index (χ3n) is 5.11. The lowest BCUT2D eigenvalue weighted by atomic mass is 10.0. The monoisotopic (exact) mass is 343 g/mol. The van der Waals surface area contributed by atoms with Gasteiger partial charge in [-0.3, -0.25) is 9.91 Å². The summed E-state index contributed by atoms with van der Waals surface area (Å²) in [5, 5.41) is 9.73. The van der Waals surface area contributed by atoms with Gasteiger partial charge in [-0.25, -0.2) is 0 Å². The second kappa shape index (κ2) is 7.71. The largest absolute Gasteiger partial charge is 0.295 e. The van der Waals surface area contributed by atoms with Crippen molar-refractivity contribution in [2.24, 2.45) is 5.10 Å². The van der Waals surface area contributed by atoms with Crippen LogP contribution in [0.1, 0.15) is 18.1 Å². The Balaban J connectivity index is 1.39. The fourth-order valence-corrected chi connectivity index (χ4v) is 3.62. The molecular weight excluding hydrogens is 318 g/mol. The van der Waals surface area contributed by atoms with E-state index in [4.69, 9.17) is 5.10 Å². The van der Waals surface area contributed by atoms with Crippen molar-refractivity contribution in [1.29, 1.82) is 0 Å². The van der Waals surface area contributed by atoms with E-state index in [1.54, 1.807) is 0 Å². The molecule has 3 aromatic rings. The molecule has 3 aromatic carbocycles. The second-order valence-corrected chi connectivity index (χ2v) is 6.92. The number of hydrogen-bond acceptors (Lipinski definition) is 3. The van der Waals surface area contributed by atoms with Crippen molar-refractivity contribution < 1.29 is 0 Å². The molecule has 0 unspecified atom stereocenters. The van der Waals surface area contributed by atoms with Crippen LogP contribution in [0.2, 0.25) is 0 Å². The van der Waals surface area contributed by atoms with Crippen LogP contribution in [0.3, 0.4) is 0 Å². The molecule has 0 saturated carbocycles. The summed E-state index contributed by atoms with van der Waals surface area (Å²) in [5.74, 6) is 0. The maximum atomic E-state index is 4.82. The van der Waals surface area contributed by atoms with Crippen molar-refractivity contribution in [2.45, 2.75) is 13.5 Å². The lowest BCUT2D eigenvalue weighted by Gasteiger charge is -2.33. The minimum Gasteiger partial charge on any atom is -0.295 e. The van der Waals surface area contributed by atoms with E-state index < -0.39 is 0 Å². The topological polar surface area (TPSA) is 18.8 Å². The first kappa shape index (κ1) is 16.8. The Morgan fingerprint density at radius 3 is 2.31 bits per heavy atom. The highest BCUT2D eigenvalue weighted by molar-refractivity contribution is 5.98. The lowest BCUT2D eigenvalue weighted by molar-refractivity contribution is 0.131. The van der Waals surface area contributed by atoms with Crippen molar-refractivity contribution in [3.8, 4) is 0 Å². The van der Waals surface area contributed by atoms with E-state index in [0.29, 0.717) is 0 Å². The molecule has 1 fully saturated rings. The van der Waals surface area contributed by atoms with E-state index in [1.807, 2.05) is 6.07 Å². The van der Waals surface area contributed by atoms with Crippen molar-refractivity contribution in [3.63, 3.8) is 0 Å². The second-order valence-electron chi connectivity index (χ2n) is 6.92. The van der Waals surface area contributed by atoms with Gasteiger partial charge in [0.1, 0.15) is 0 Å². The van der Waals surface area contributed by atoms with Gasteiger partial charge in [-0.05, 0) is 28.8 Å². The van der Waals surface area contributed by atoms with Gasteiger partial charge in [0.2, 0.25) is 0 Å². The molecule has 26 heavy (non-hydrogen) atoms. The molecule has 0 atom stereocenters. The van der Waals surface area contributed by atoms with Crippen LogP contribution in [0.5, 0.6) is 0 Å². The van der Waals surface area contributed by atoms with Crippen LogP contribution in [-0.4, -0.2) is 41.8 Å². The Morgan fingerprint density at radius 2 is 1.50 bits per heavy atom. The van der Waals surface area contributed by atoms with Gasteiger partial charge in [-0.15, -0.1) is 0 Å². The molecule has 3 heteroatoms. The molecule has 0 aliphatic carbocycles. The summed E-state index contributed by atoms with van der Waals surface area (Å²) < 4.78 is 0. The van der Waals surface area contributed by atoms with E-state index in [2.05, 4.69) is 83.6 Å². The van der Waals surface area contributed by atoms with E-state index in [0.717, 1.165) is 38.4 Å². The number of piperazine rings is 1. The average Bonchev–Trinajstić information content (AvgIpc) is 2.70. The minimum atomic E-state index is 0.981. The van der Waals surface area contributed by atoms with Gasteiger partial charge in [0.25, 0.3) is 0 Å². The Hall–Kier alpha value is -2.65. The highest BCUT2D eigenvalue weighted by atomic mass is 15.5. The summed E-state index contributed by atoms with van der Waals surface area (Å²) in [7, 11) is 0. The molecule has 132 valence electrons. The molecule has 0 aromatic heterocycles. The van der Waals surface area contributed by atoms with Gasteiger partial charge >= 0.3 is 0 Å². The van der Waals surface area contributed by atoms with Gasteiger partial charge in [0.15, 0.2) is 0 Å². The normalized spacial score (nSPS) is 16.2. The summed E-state index contributed by atoms with van der Waals surface area (Å²) >= 11 is 0. The summed E-state index contributed by atoms with van der Waals surface area (Å²) in [5.41, 5.74) is 3.71. The molecule has 1 heterocycles. The van der Waals surface area contributed by atoms with Crippen molar-refractivity contribution in [2.75, 3.05) is 26.2 Å². The molecule has 0 bridgehead atoms. The molecule has 3 nitrogen and oxygen atoms in total. The molecule has 4 rings (SSSR count). The van der Waals surface area contributed by atoms with Crippen LogP contribution >= 0.6 is 0 Å². The molecule has 0 N–H and O–H groups in total. The van der Waals surface area contributed by atoms with Gasteiger partial charge in [-0.2, -0.15) is 5.10 Å². The first-order valence-electron chi connectivity index (χ1n) is 9.34. The van der Waals surface area contributed by atoms with Crippen molar-refractivity contribution >= 4 is 16.5 Å². The lowest BCUT2D eigenvalue weighted by Crippen LogP contribution is -2.43. The smallest absolute Gasteiger partial charge is 0.0646 e. The first-order chi connectivity index (χ1) is 12.8. The van der Waals surface area contributed by atoms with Crippen LogP contribution in [0.4, 0.5) is 0 Å². The fourth-order valence-electron chi connectivity index (χ4n) is 3.62. The summed E-state index contributed by atoms with van der Waals surface area (Å²) in [4.78, 5) is 2.53. The highest BCUT2D eigenvalue weighted by Gasteiger charge is 2.16. The third kappa shape index (κ3) is 3.78. The molecule has 1 aliphatic heterocycles. The summed E-state index contributed by atoms with van der Waals surface area (Å²) in [6.45, 7) is 7.17. The van der Waals surface area contributed by atoms with Crippen LogP contribution in [0.25, 0.3) is 10.8 Å². The predicted molar refractivity (Wildman–Crippen MR) is 109 cm³/mol. The molecule has 1 aliphatic rings. The number of hydrogen-bond donors (Lipinski definition) is 0. The number of fused-ring (bicyclic) bond motifs is 1. The van der Waals surface area contributed by atoms with Crippen LogP contribution in [0, 0.1) is 0 Å². The number of nitrogens with zero attached hydrogens (tertiary/aromatic N) is 3. The average molecular weight is 343 g/mol. The van der Waals surface area contributed by atoms with Gasteiger partial charge in [-0.1, -0.05) is 72.8 Å². The van der Waals surface area contributed by atoms with Crippen LogP contribution < -0.4 is 0 Å². The Bertz CT molecular complexity index is 888. The zero-order valence-corrected chi connectivity index (χ0v) is 15.3. The zero-order chi connectivity index (χ0) is 17.8. The Morgan fingerprint density at radius 1 is 0.808 bits per heavy atom. The SMILES string of the molecule is CC(=NN1CCN(Cc2cccc3ccccc23)CC1)c1ccccc1. The maximum Gasteiger partial charge on any atom is 0.0646 e. The molecule has 0 spiro atoms. The Kier molecular flexibility index (Phi) is 4.98. The third-order valence-corrected chi connectivity index (χ3v) is 5.11. The van der Waals surface area contributed by atoms with Crippen molar-refractivity contribution in [1.82, 2.24) is 9.91 Å². The molecule has 0 amide bonds. The maximum absolute atomic E-state index is 4.82. The van der Waals surface area contributed by atoms with Gasteiger partial charge < -0.3 is 0 Å². The van der Waals surface area contributed by atoms with Crippen LogP contribution in [0.15, 0.2) is 77.9 Å². The van der Waals surface area contributed by atoms with E-state index >= 15 is 0 Å². The molecule has 0 radical (unpaired) electrons. The zero-order valence-electron chi connectivity index (χ0n) is 15.3. The predicted octanol–water partition coefficient (Wildman–Crippen LogP) is 4.38. The van der Waals surface area contributed by atoms with E-state index in [1.165, 1.54) is 21.9 Å².